The Labute approximate surface area is 124 Å². The van der Waals surface area contributed by atoms with E-state index in [1.54, 1.807) is 6.92 Å². The van der Waals surface area contributed by atoms with Crippen LogP contribution in [-0.4, -0.2) is 17.0 Å². The summed E-state index contributed by atoms with van der Waals surface area (Å²) in [6.07, 6.45) is -0.416. The highest BCUT2D eigenvalue weighted by molar-refractivity contribution is 6.31. The summed E-state index contributed by atoms with van der Waals surface area (Å²) < 4.78 is 17.7. The highest BCUT2D eigenvalue weighted by Gasteiger charge is 2.12. The van der Waals surface area contributed by atoms with Crippen molar-refractivity contribution in [2.24, 2.45) is 0 Å². The zero-order valence-electron chi connectivity index (χ0n) is 10.9. The zero-order chi connectivity index (χ0) is 15.4. The van der Waals surface area contributed by atoms with Crippen molar-refractivity contribution in [2.45, 2.75) is 13.3 Å². The minimum atomic E-state index is -0.589. The topological polar surface area (TPSA) is 84.2 Å². The molecule has 2 aromatic rings. The van der Waals surface area contributed by atoms with E-state index in [1.807, 2.05) is 0 Å². The fraction of sp³-hybridized carbons (Fsp3) is 0.154. The fourth-order valence-electron chi connectivity index (χ4n) is 1.54. The first-order valence-electron chi connectivity index (χ1n) is 5.92. The van der Waals surface area contributed by atoms with E-state index in [4.69, 9.17) is 16.1 Å². The van der Waals surface area contributed by atoms with E-state index in [0.29, 0.717) is 11.4 Å². The van der Waals surface area contributed by atoms with Crippen LogP contribution in [0.15, 0.2) is 28.8 Å². The summed E-state index contributed by atoms with van der Waals surface area (Å²) in [5.74, 6) is -0.927. The highest BCUT2D eigenvalue weighted by atomic mass is 35.5. The first-order valence-corrected chi connectivity index (χ1v) is 6.30. The molecule has 2 N–H and O–H groups in total. The number of hydrogen-bond donors (Lipinski definition) is 2. The summed E-state index contributed by atoms with van der Waals surface area (Å²) in [7, 11) is 0. The van der Waals surface area contributed by atoms with Gasteiger partial charge in [-0.1, -0.05) is 16.8 Å². The van der Waals surface area contributed by atoms with Crippen LogP contribution in [0.3, 0.4) is 0 Å². The summed E-state index contributed by atoms with van der Waals surface area (Å²) in [6.45, 7) is 1.67. The van der Waals surface area contributed by atoms with Gasteiger partial charge >= 0.3 is 0 Å². The van der Waals surface area contributed by atoms with E-state index in [2.05, 4.69) is 15.8 Å². The minimum Gasteiger partial charge on any atom is -0.360 e. The highest BCUT2D eigenvalue weighted by Crippen LogP contribution is 2.19. The van der Waals surface area contributed by atoms with Crippen molar-refractivity contribution in [3.63, 3.8) is 0 Å². The number of benzene rings is 1. The predicted octanol–water partition coefficient (Wildman–Crippen LogP) is 2.74. The van der Waals surface area contributed by atoms with Crippen LogP contribution in [-0.2, 0) is 9.59 Å². The van der Waals surface area contributed by atoms with E-state index in [-0.39, 0.29) is 10.8 Å². The van der Waals surface area contributed by atoms with E-state index >= 15 is 0 Å². The number of hydrogen-bond acceptors (Lipinski definition) is 4. The molecule has 0 aliphatic heterocycles. The first-order chi connectivity index (χ1) is 9.94. The van der Waals surface area contributed by atoms with Gasteiger partial charge < -0.3 is 15.2 Å². The van der Waals surface area contributed by atoms with Crippen LogP contribution < -0.4 is 10.6 Å². The van der Waals surface area contributed by atoms with Crippen molar-refractivity contribution in [1.82, 2.24) is 5.16 Å². The summed E-state index contributed by atoms with van der Waals surface area (Å²) in [6, 6.07) is 5.25. The van der Waals surface area contributed by atoms with Gasteiger partial charge in [-0.15, -0.1) is 0 Å². The van der Waals surface area contributed by atoms with Gasteiger partial charge in [0.1, 0.15) is 18.0 Å². The van der Waals surface area contributed by atoms with Crippen LogP contribution >= 0.6 is 11.6 Å². The Balaban J connectivity index is 1.89. The molecule has 0 saturated heterocycles. The molecule has 110 valence electrons. The number of carbonyl (C=O) groups is 2. The van der Waals surface area contributed by atoms with E-state index in [0.717, 1.165) is 6.07 Å². The van der Waals surface area contributed by atoms with Crippen molar-refractivity contribution in [3.8, 4) is 0 Å². The molecule has 0 spiro atoms. The van der Waals surface area contributed by atoms with E-state index < -0.39 is 24.1 Å². The van der Waals surface area contributed by atoms with Crippen molar-refractivity contribution in [3.05, 3.63) is 40.9 Å². The molecular formula is C13H11ClFN3O3. The smallest absolute Gasteiger partial charge is 0.235 e. The van der Waals surface area contributed by atoms with Crippen LogP contribution in [0.5, 0.6) is 0 Å². The van der Waals surface area contributed by atoms with Gasteiger partial charge in [-0.3, -0.25) is 9.59 Å². The monoisotopic (exact) mass is 311 g/mol. The van der Waals surface area contributed by atoms with Crippen LogP contribution in [0.2, 0.25) is 5.02 Å². The molecule has 6 nitrogen and oxygen atoms in total. The Hall–Kier alpha value is -2.41. The number of nitrogens with one attached hydrogen (secondary N) is 2. The number of nitrogens with zero attached hydrogens (tertiary/aromatic N) is 1. The van der Waals surface area contributed by atoms with Crippen molar-refractivity contribution >= 4 is 34.9 Å². The largest absolute Gasteiger partial charge is 0.360 e. The van der Waals surface area contributed by atoms with Gasteiger partial charge in [0.05, 0.1) is 5.02 Å². The van der Waals surface area contributed by atoms with Gasteiger partial charge in [-0.25, -0.2) is 4.39 Å². The molecule has 1 heterocycles. The van der Waals surface area contributed by atoms with Crippen LogP contribution in [0.1, 0.15) is 12.2 Å². The molecule has 2 rings (SSSR count). The quantitative estimate of drug-likeness (QED) is 0.850. The minimum absolute atomic E-state index is 0.115. The number of aromatic nitrogens is 1. The van der Waals surface area contributed by atoms with E-state index in [1.165, 1.54) is 18.2 Å². The second-order valence-corrected chi connectivity index (χ2v) is 4.63. The Morgan fingerprint density at radius 3 is 2.62 bits per heavy atom. The fourth-order valence-corrected chi connectivity index (χ4v) is 1.72. The maximum absolute atomic E-state index is 13.0. The lowest BCUT2D eigenvalue weighted by atomic mass is 10.3. The van der Waals surface area contributed by atoms with Crippen LogP contribution in [0.25, 0.3) is 0 Å². The summed E-state index contributed by atoms with van der Waals surface area (Å²) >= 11 is 5.59. The second-order valence-electron chi connectivity index (χ2n) is 4.22. The van der Waals surface area contributed by atoms with Gasteiger partial charge in [-0.2, -0.15) is 0 Å². The summed E-state index contributed by atoms with van der Waals surface area (Å²) in [4.78, 5) is 23.3. The summed E-state index contributed by atoms with van der Waals surface area (Å²) in [5, 5.41) is 8.30. The Morgan fingerprint density at radius 2 is 2.00 bits per heavy atom. The standard InChI is InChI=1S/C13H11ClFN3O3/c1-7-4-11(18-21-7)17-13(20)6-12(19)16-8-2-3-10(15)9(14)5-8/h2-5H,6H2,1H3,(H,16,19)(H,17,18,20). The Bertz CT molecular complexity index is 687. The van der Waals surface area contributed by atoms with Crippen molar-refractivity contribution < 1.29 is 18.5 Å². The van der Waals surface area contributed by atoms with Gasteiger partial charge in [0.15, 0.2) is 5.82 Å². The van der Waals surface area contributed by atoms with Gasteiger partial charge in [0.25, 0.3) is 0 Å². The van der Waals surface area contributed by atoms with E-state index in [9.17, 15) is 14.0 Å². The average Bonchev–Trinajstić information content (AvgIpc) is 2.79. The second kappa shape index (κ2) is 6.36. The molecule has 1 aromatic carbocycles. The molecule has 0 aliphatic rings. The van der Waals surface area contributed by atoms with Crippen LogP contribution in [0, 0.1) is 12.7 Å². The molecule has 0 atom stereocenters. The van der Waals surface area contributed by atoms with Gasteiger partial charge in [-0.05, 0) is 25.1 Å². The number of amides is 2. The zero-order valence-corrected chi connectivity index (χ0v) is 11.7. The molecule has 8 heteroatoms. The van der Waals surface area contributed by atoms with Crippen LogP contribution in [0.4, 0.5) is 15.9 Å². The normalized spacial score (nSPS) is 10.2. The molecule has 0 radical (unpaired) electrons. The first kappa shape index (κ1) is 15.0. The summed E-state index contributed by atoms with van der Waals surface area (Å²) in [5.41, 5.74) is 0.302. The predicted molar refractivity (Wildman–Crippen MR) is 74.5 cm³/mol. The number of anilines is 2. The lowest BCUT2D eigenvalue weighted by molar-refractivity contribution is -0.123. The third-order valence-corrected chi connectivity index (χ3v) is 2.71. The van der Waals surface area contributed by atoms with Crippen molar-refractivity contribution in [2.75, 3.05) is 10.6 Å². The number of rotatable bonds is 4. The lowest BCUT2D eigenvalue weighted by Crippen LogP contribution is -2.21. The molecule has 2 amide bonds. The number of carbonyl (C=O) groups excluding carboxylic acids is 2. The average molecular weight is 312 g/mol. The SMILES string of the molecule is Cc1cc(NC(=O)CC(=O)Nc2ccc(F)c(Cl)c2)no1. The Kier molecular flexibility index (Phi) is 4.54. The molecule has 0 fully saturated rings. The van der Waals surface area contributed by atoms with Gasteiger partial charge in [0, 0.05) is 11.8 Å². The molecule has 0 bridgehead atoms. The van der Waals surface area contributed by atoms with Crippen molar-refractivity contribution in [1.29, 1.82) is 0 Å². The Morgan fingerprint density at radius 1 is 1.29 bits per heavy atom. The molecular weight excluding hydrogens is 301 g/mol. The van der Waals surface area contributed by atoms with Gasteiger partial charge in [0.2, 0.25) is 11.8 Å². The third-order valence-electron chi connectivity index (χ3n) is 2.42. The molecule has 0 saturated carbocycles. The molecule has 0 unspecified atom stereocenters. The third kappa shape index (κ3) is 4.28. The maximum atomic E-state index is 13.0. The molecule has 0 aliphatic carbocycles. The number of halogens is 2. The molecule has 21 heavy (non-hydrogen) atoms. The number of aryl methyl sites for hydroxylation is 1. The molecule has 1 aromatic heterocycles. The lowest BCUT2D eigenvalue weighted by Gasteiger charge is -2.05. The maximum Gasteiger partial charge on any atom is 0.235 e.